The number of halogens is 2. The molecular weight excluding hydrogens is 366 g/mol. The zero-order valence-electron chi connectivity index (χ0n) is 12.7. The molecule has 2 rings (SSSR count). The fraction of sp³-hybridized carbons (Fsp3) is 0.235. The molecule has 5 heteroatoms. The van der Waals surface area contributed by atoms with Crippen molar-refractivity contribution in [2.24, 2.45) is 0 Å². The fourth-order valence-corrected chi connectivity index (χ4v) is 3.06. The summed E-state index contributed by atoms with van der Waals surface area (Å²) in [6.07, 6.45) is 0. The van der Waals surface area contributed by atoms with Crippen molar-refractivity contribution in [1.82, 2.24) is 0 Å². The summed E-state index contributed by atoms with van der Waals surface area (Å²) in [7, 11) is 0. The van der Waals surface area contributed by atoms with E-state index < -0.39 is 0 Å². The van der Waals surface area contributed by atoms with Crippen LogP contribution in [0, 0.1) is 20.8 Å². The van der Waals surface area contributed by atoms with E-state index in [9.17, 15) is 4.79 Å². The minimum Gasteiger partial charge on any atom is -0.482 e. The Kier molecular flexibility index (Phi) is 5.48. The van der Waals surface area contributed by atoms with Gasteiger partial charge in [-0.05, 0) is 71.6 Å². The maximum Gasteiger partial charge on any atom is 0.262 e. The number of anilines is 1. The number of hydrogen-bond donors (Lipinski definition) is 1. The Hall–Kier alpha value is -1.52. The monoisotopic (exact) mass is 381 g/mol. The lowest BCUT2D eigenvalue weighted by atomic mass is 10.1. The molecule has 1 N–H and O–H groups in total. The summed E-state index contributed by atoms with van der Waals surface area (Å²) in [4.78, 5) is 12.0. The molecule has 0 spiro atoms. The Morgan fingerprint density at radius 2 is 1.91 bits per heavy atom. The number of carbonyl (C=O) groups is 1. The van der Waals surface area contributed by atoms with E-state index >= 15 is 0 Å². The molecule has 3 nitrogen and oxygen atoms in total. The minimum absolute atomic E-state index is 0.0615. The van der Waals surface area contributed by atoms with E-state index in [0.29, 0.717) is 16.5 Å². The molecule has 0 saturated carbocycles. The minimum atomic E-state index is -0.230. The summed E-state index contributed by atoms with van der Waals surface area (Å²) in [6, 6.07) is 9.37. The van der Waals surface area contributed by atoms with Crippen molar-refractivity contribution in [1.29, 1.82) is 0 Å². The van der Waals surface area contributed by atoms with Gasteiger partial charge < -0.3 is 10.1 Å². The van der Waals surface area contributed by atoms with Crippen LogP contribution in [-0.4, -0.2) is 12.5 Å². The average molecular weight is 383 g/mol. The second-order valence-electron chi connectivity index (χ2n) is 5.19. The van der Waals surface area contributed by atoms with Crippen LogP contribution in [0.3, 0.4) is 0 Å². The van der Waals surface area contributed by atoms with Gasteiger partial charge in [0.25, 0.3) is 5.91 Å². The molecule has 0 aliphatic rings. The highest BCUT2D eigenvalue weighted by Crippen LogP contribution is 2.30. The first-order valence-corrected chi connectivity index (χ1v) is 7.99. The molecule has 0 saturated heterocycles. The van der Waals surface area contributed by atoms with Crippen molar-refractivity contribution in [2.75, 3.05) is 11.9 Å². The third kappa shape index (κ3) is 4.24. The van der Waals surface area contributed by atoms with Crippen LogP contribution < -0.4 is 10.1 Å². The Bertz CT molecular complexity index is 693. The molecule has 2 aromatic rings. The van der Waals surface area contributed by atoms with Gasteiger partial charge in [0.15, 0.2) is 6.61 Å². The van der Waals surface area contributed by atoms with Gasteiger partial charge in [-0.15, -0.1) is 0 Å². The number of benzene rings is 2. The Balaban J connectivity index is 2.00. The molecular formula is C17H17BrClNO2. The van der Waals surface area contributed by atoms with Gasteiger partial charge in [0.1, 0.15) is 5.75 Å². The van der Waals surface area contributed by atoms with Gasteiger partial charge in [-0.1, -0.05) is 23.7 Å². The first-order chi connectivity index (χ1) is 10.4. The molecule has 116 valence electrons. The van der Waals surface area contributed by atoms with E-state index in [-0.39, 0.29) is 12.5 Å². The number of carbonyl (C=O) groups excluding carboxylic acids is 1. The van der Waals surface area contributed by atoms with E-state index in [1.54, 1.807) is 6.07 Å². The molecule has 0 bridgehead atoms. The van der Waals surface area contributed by atoms with Crippen molar-refractivity contribution >= 4 is 39.1 Å². The van der Waals surface area contributed by atoms with Crippen LogP contribution in [0.4, 0.5) is 5.69 Å². The van der Waals surface area contributed by atoms with Crippen LogP contribution in [0.2, 0.25) is 5.02 Å². The molecule has 2 aromatic carbocycles. The zero-order chi connectivity index (χ0) is 16.3. The van der Waals surface area contributed by atoms with E-state index in [2.05, 4.69) is 21.2 Å². The summed E-state index contributed by atoms with van der Waals surface area (Å²) in [5.74, 6) is 0.453. The molecule has 0 radical (unpaired) electrons. The third-order valence-corrected chi connectivity index (χ3v) is 4.17. The summed E-state index contributed by atoms with van der Waals surface area (Å²) < 4.78 is 6.46. The van der Waals surface area contributed by atoms with E-state index in [1.165, 1.54) is 0 Å². The summed E-state index contributed by atoms with van der Waals surface area (Å²) in [5, 5.41) is 3.39. The van der Waals surface area contributed by atoms with E-state index in [1.807, 2.05) is 45.0 Å². The third-order valence-electron chi connectivity index (χ3n) is 3.18. The second-order valence-corrected chi connectivity index (χ2v) is 6.46. The molecule has 0 atom stereocenters. The van der Waals surface area contributed by atoms with Crippen LogP contribution in [0.1, 0.15) is 16.7 Å². The SMILES string of the molecule is Cc1cc(C)c(OCC(=O)Nc2ccc(C)c(Cl)c2)c(Br)c1. The highest BCUT2D eigenvalue weighted by atomic mass is 79.9. The normalized spacial score (nSPS) is 10.4. The standard InChI is InChI=1S/C17H17BrClNO2/c1-10-6-12(3)17(14(18)7-10)22-9-16(21)20-13-5-4-11(2)15(19)8-13/h4-8H,9H2,1-3H3,(H,20,21). The molecule has 0 aliphatic carbocycles. The van der Waals surface area contributed by atoms with Crippen LogP contribution in [0.15, 0.2) is 34.8 Å². The zero-order valence-corrected chi connectivity index (χ0v) is 15.0. The summed E-state index contributed by atoms with van der Waals surface area (Å²) in [6.45, 7) is 5.81. The lowest BCUT2D eigenvalue weighted by molar-refractivity contribution is -0.118. The molecule has 0 fully saturated rings. The van der Waals surface area contributed by atoms with E-state index in [0.717, 1.165) is 21.2 Å². The van der Waals surface area contributed by atoms with Gasteiger partial charge >= 0.3 is 0 Å². The quantitative estimate of drug-likeness (QED) is 0.804. The number of nitrogens with one attached hydrogen (secondary N) is 1. The van der Waals surface area contributed by atoms with Crippen LogP contribution in [0.25, 0.3) is 0 Å². The van der Waals surface area contributed by atoms with Gasteiger partial charge in [-0.3, -0.25) is 4.79 Å². The van der Waals surface area contributed by atoms with Crippen LogP contribution in [-0.2, 0) is 4.79 Å². The number of aryl methyl sites for hydroxylation is 3. The molecule has 0 heterocycles. The topological polar surface area (TPSA) is 38.3 Å². The Morgan fingerprint density at radius 1 is 1.18 bits per heavy atom. The Labute approximate surface area is 143 Å². The van der Waals surface area contributed by atoms with Crippen molar-refractivity contribution < 1.29 is 9.53 Å². The lowest BCUT2D eigenvalue weighted by Crippen LogP contribution is -2.20. The number of amides is 1. The highest BCUT2D eigenvalue weighted by Gasteiger charge is 2.10. The summed E-state index contributed by atoms with van der Waals surface area (Å²) in [5.41, 5.74) is 3.74. The first-order valence-electron chi connectivity index (χ1n) is 6.82. The van der Waals surface area contributed by atoms with Crippen molar-refractivity contribution in [2.45, 2.75) is 20.8 Å². The van der Waals surface area contributed by atoms with Crippen molar-refractivity contribution in [3.8, 4) is 5.75 Å². The molecule has 0 unspecified atom stereocenters. The van der Waals surface area contributed by atoms with Crippen LogP contribution >= 0.6 is 27.5 Å². The number of hydrogen-bond acceptors (Lipinski definition) is 2. The van der Waals surface area contributed by atoms with Gasteiger partial charge in [0, 0.05) is 10.7 Å². The highest BCUT2D eigenvalue weighted by molar-refractivity contribution is 9.10. The fourth-order valence-electron chi connectivity index (χ4n) is 2.09. The lowest BCUT2D eigenvalue weighted by Gasteiger charge is -2.12. The molecule has 0 aliphatic heterocycles. The average Bonchev–Trinajstić information content (AvgIpc) is 2.41. The van der Waals surface area contributed by atoms with Gasteiger partial charge in [0.05, 0.1) is 4.47 Å². The molecule has 22 heavy (non-hydrogen) atoms. The van der Waals surface area contributed by atoms with E-state index in [4.69, 9.17) is 16.3 Å². The largest absolute Gasteiger partial charge is 0.482 e. The summed E-state index contributed by atoms with van der Waals surface area (Å²) >= 11 is 9.50. The van der Waals surface area contributed by atoms with Gasteiger partial charge in [-0.25, -0.2) is 0 Å². The predicted molar refractivity (Wildman–Crippen MR) is 93.9 cm³/mol. The predicted octanol–water partition coefficient (Wildman–Crippen LogP) is 5.05. The maximum atomic E-state index is 12.0. The van der Waals surface area contributed by atoms with Gasteiger partial charge in [0.2, 0.25) is 0 Å². The molecule has 0 aromatic heterocycles. The van der Waals surface area contributed by atoms with Crippen LogP contribution in [0.5, 0.6) is 5.75 Å². The smallest absolute Gasteiger partial charge is 0.262 e. The number of rotatable bonds is 4. The van der Waals surface area contributed by atoms with Gasteiger partial charge in [-0.2, -0.15) is 0 Å². The first kappa shape index (κ1) is 16.8. The molecule has 1 amide bonds. The number of ether oxygens (including phenoxy) is 1. The Morgan fingerprint density at radius 3 is 2.55 bits per heavy atom. The van der Waals surface area contributed by atoms with Crippen molar-refractivity contribution in [3.05, 3.63) is 56.5 Å². The second kappa shape index (κ2) is 7.16. The maximum absolute atomic E-state index is 12.0. The van der Waals surface area contributed by atoms with Crippen molar-refractivity contribution in [3.63, 3.8) is 0 Å².